The molecule has 1 unspecified atom stereocenters. The lowest BCUT2D eigenvalue weighted by atomic mass is 10.1. The van der Waals surface area contributed by atoms with Gasteiger partial charge in [0.2, 0.25) is 5.43 Å². The van der Waals surface area contributed by atoms with Crippen molar-refractivity contribution in [2.75, 3.05) is 13.2 Å². The highest BCUT2D eigenvalue weighted by molar-refractivity contribution is 7.14. The number of fused-ring (bicyclic) bond motifs is 2. The Kier molecular flexibility index (Phi) is 4.97. The Labute approximate surface area is 182 Å². The van der Waals surface area contributed by atoms with Crippen molar-refractivity contribution >= 4 is 17.2 Å². The van der Waals surface area contributed by atoms with Gasteiger partial charge in [0.25, 0.3) is 5.91 Å². The minimum Gasteiger partial charge on any atom is -0.503 e. The number of amides is 1. The van der Waals surface area contributed by atoms with Crippen molar-refractivity contribution in [1.82, 2.24) is 19.7 Å². The van der Waals surface area contributed by atoms with Gasteiger partial charge in [-0.3, -0.25) is 9.59 Å². The van der Waals surface area contributed by atoms with Crippen LogP contribution in [0.2, 0.25) is 0 Å². The quantitative estimate of drug-likeness (QED) is 0.598. The highest BCUT2D eigenvalue weighted by Gasteiger charge is 2.37. The molecule has 0 aliphatic carbocycles. The fourth-order valence-electron chi connectivity index (χ4n) is 3.85. The summed E-state index contributed by atoms with van der Waals surface area (Å²) >= 11 is 0.941. The van der Waals surface area contributed by atoms with E-state index in [2.05, 4.69) is 10.2 Å². The van der Waals surface area contributed by atoms with Gasteiger partial charge in [0.15, 0.2) is 40.1 Å². The molecule has 5 rings (SSSR count). The van der Waals surface area contributed by atoms with Crippen LogP contribution in [0.15, 0.2) is 23.1 Å². The first-order valence-electron chi connectivity index (χ1n) is 9.69. The highest BCUT2D eigenvalue weighted by atomic mass is 32.1. The van der Waals surface area contributed by atoms with Crippen molar-refractivity contribution in [2.24, 2.45) is 0 Å². The third-order valence-corrected chi connectivity index (χ3v) is 6.38. The molecule has 1 saturated heterocycles. The molecule has 1 N–H and O–H groups in total. The Morgan fingerprint density at radius 3 is 2.81 bits per heavy atom. The number of aromatic hydroxyl groups is 1. The Morgan fingerprint density at radius 2 is 2.00 bits per heavy atom. The number of carbonyl (C=O) groups excluding carboxylic acids is 1. The van der Waals surface area contributed by atoms with Gasteiger partial charge in [0.05, 0.1) is 18.7 Å². The second-order valence-electron chi connectivity index (χ2n) is 7.41. The van der Waals surface area contributed by atoms with E-state index in [1.54, 1.807) is 0 Å². The Morgan fingerprint density at radius 1 is 1.19 bits per heavy atom. The lowest BCUT2D eigenvalue weighted by molar-refractivity contribution is -0.0919. The molecule has 1 aromatic carbocycles. The SMILES string of the molecule is O=C1c2c(O)c(=O)c(-c3nnc(Cc4ccc(F)c(F)c4F)s3)cn2CC2OCCCN12. The molecule has 32 heavy (non-hydrogen) atoms. The van der Waals surface area contributed by atoms with Crippen LogP contribution < -0.4 is 5.43 Å². The standard InChI is InChI=1S/C20H15F3N4O4S/c21-11-3-2-9(14(22)15(11)23)6-12-24-25-19(32-12)10-7-26-8-13-27(4-1-5-31-13)20(30)16(26)18(29)17(10)28/h2-3,7,13,29H,1,4-6,8H2. The van der Waals surface area contributed by atoms with Crippen LogP contribution in [0.1, 0.15) is 27.5 Å². The zero-order valence-corrected chi connectivity index (χ0v) is 17.2. The van der Waals surface area contributed by atoms with E-state index in [9.17, 15) is 27.9 Å². The van der Waals surface area contributed by atoms with E-state index in [-0.39, 0.29) is 39.8 Å². The molecule has 166 valence electrons. The fraction of sp³-hybridized carbons (Fsp3) is 0.300. The van der Waals surface area contributed by atoms with Crippen LogP contribution in [-0.2, 0) is 17.7 Å². The molecule has 12 heteroatoms. The summed E-state index contributed by atoms with van der Waals surface area (Å²) < 4.78 is 47.7. The summed E-state index contributed by atoms with van der Waals surface area (Å²) in [6, 6.07) is 1.92. The van der Waals surface area contributed by atoms with Gasteiger partial charge in [-0.05, 0) is 18.1 Å². The van der Waals surface area contributed by atoms with E-state index < -0.39 is 40.8 Å². The molecule has 0 saturated carbocycles. The number of benzene rings is 1. The van der Waals surface area contributed by atoms with Crippen molar-refractivity contribution in [2.45, 2.75) is 25.6 Å². The highest BCUT2D eigenvalue weighted by Crippen LogP contribution is 2.30. The molecule has 2 aliphatic heterocycles. The molecule has 1 fully saturated rings. The molecular formula is C20H15F3N4O4S. The van der Waals surface area contributed by atoms with Crippen molar-refractivity contribution in [3.05, 3.63) is 62.3 Å². The lowest BCUT2D eigenvalue weighted by Gasteiger charge is -2.40. The van der Waals surface area contributed by atoms with Gasteiger partial charge >= 0.3 is 0 Å². The molecule has 4 heterocycles. The molecule has 2 aliphatic rings. The molecule has 0 bridgehead atoms. The van der Waals surface area contributed by atoms with Gasteiger partial charge in [-0.15, -0.1) is 10.2 Å². The average Bonchev–Trinajstić information content (AvgIpc) is 3.25. The molecule has 1 atom stereocenters. The fourth-order valence-corrected chi connectivity index (χ4v) is 4.72. The van der Waals surface area contributed by atoms with E-state index in [1.165, 1.54) is 15.7 Å². The smallest absolute Gasteiger partial charge is 0.276 e. The van der Waals surface area contributed by atoms with Gasteiger partial charge in [0, 0.05) is 19.2 Å². The van der Waals surface area contributed by atoms with Crippen LogP contribution in [0.5, 0.6) is 5.75 Å². The number of hydrogen-bond acceptors (Lipinski definition) is 7. The molecule has 0 spiro atoms. The molecule has 8 nitrogen and oxygen atoms in total. The van der Waals surface area contributed by atoms with Crippen molar-refractivity contribution < 1.29 is 27.8 Å². The monoisotopic (exact) mass is 464 g/mol. The van der Waals surface area contributed by atoms with Crippen molar-refractivity contribution in [1.29, 1.82) is 0 Å². The Hall–Kier alpha value is -3.25. The van der Waals surface area contributed by atoms with E-state index in [1.807, 2.05) is 0 Å². The van der Waals surface area contributed by atoms with E-state index in [4.69, 9.17) is 4.74 Å². The third-order valence-electron chi connectivity index (χ3n) is 5.43. The van der Waals surface area contributed by atoms with Crippen LogP contribution in [0.4, 0.5) is 13.2 Å². The normalized spacial score (nSPS) is 17.9. The number of aromatic nitrogens is 3. The Bertz CT molecular complexity index is 1310. The van der Waals surface area contributed by atoms with Crippen LogP contribution in [0.25, 0.3) is 10.6 Å². The molecule has 2 aromatic heterocycles. The van der Waals surface area contributed by atoms with Crippen molar-refractivity contribution in [3.8, 4) is 16.3 Å². The largest absolute Gasteiger partial charge is 0.503 e. The van der Waals surface area contributed by atoms with Gasteiger partial charge in [-0.2, -0.15) is 0 Å². The minimum absolute atomic E-state index is 0.0119. The van der Waals surface area contributed by atoms with Gasteiger partial charge in [0.1, 0.15) is 5.01 Å². The summed E-state index contributed by atoms with van der Waals surface area (Å²) in [4.78, 5) is 27.0. The number of rotatable bonds is 3. The number of ether oxygens (including phenoxy) is 1. The number of hydrogen-bond donors (Lipinski definition) is 1. The van der Waals surface area contributed by atoms with Gasteiger partial charge in [-0.25, -0.2) is 13.2 Å². The molecular weight excluding hydrogens is 449 g/mol. The first kappa shape index (κ1) is 20.6. The Balaban J connectivity index is 1.50. The topological polar surface area (TPSA) is 97.5 Å². The summed E-state index contributed by atoms with van der Waals surface area (Å²) in [7, 11) is 0. The zero-order valence-electron chi connectivity index (χ0n) is 16.3. The summed E-state index contributed by atoms with van der Waals surface area (Å²) in [5.74, 6) is -5.37. The predicted octanol–water partition coefficient (Wildman–Crippen LogP) is 2.28. The summed E-state index contributed by atoms with van der Waals surface area (Å²) in [6.45, 7) is 1.20. The van der Waals surface area contributed by atoms with Crippen LogP contribution in [0, 0.1) is 17.5 Å². The second kappa shape index (κ2) is 7.71. The maximum absolute atomic E-state index is 14.0. The summed E-state index contributed by atoms with van der Waals surface area (Å²) in [5.41, 5.74) is -1.01. The van der Waals surface area contributed by atoms with E-state index in [0.717, 1.165) is 23.5 Å². The second-order valence-corrected chi connectivity index (χ2v) is 8.47. The van der Waals surface area contributed by atoms with Crippen LogP contribution in [0.3, 0.4) is 0 Å². The predicted molar refractivity (Wildman–Crippen MR) is 106 cm³/mol. The lowest BCUT2D eigenvalue weighted by Crippen LogP contribution is -2.53. The maximum atomic E-state index is 14.0. The molecule has 3 aromatic rings. The minimum atomic E-state index is -1.58. The number of carbonyl (C=O) groups is 1. The van der Waals surface area contributed by atoms with Crippen molar-refractivity contribution in [3.63, 3.8) is 0 Å². The molecule has 1 amide bonds. The van der Waals surface area contributed by atoms with E-state index >= 15 is 0 Å². The first-order chi connectivity index (χ1) is 15.3. The van der Waals surface area contributed by atoms with Crippen LogP contribution in [-0.4, -0.2) is 50.1 Å². The van der Waals surface area contributed by atoms with E-state index in [0.29, 0.717) is 19.6 Å². The number of halogens is 3. The summed E-state index contributed by atoms with van der Waals surface area (Å²) in [5, 5.41) is 18.7. The summed E-state index contributed by atoms with van der Waals surface area (Å²) in [6.07, 6.45) is 1.41. The average molecular weight is 464 g/mol. The zero-order chi connectivity index (χ0) is 22.6. The maximum Gasteiger partial charge on any atom is 0.276 e. The first-order valence-corrected chi connectivity index (χ1v) is 10.5. The molecule has 0 radical (unpaired) electrons. The van der Waals surface area contributed by atoms with Crippen LogP contribution >= 0.6 is 11.3 Å². The number of nitrogens with zero attached hydrogens (tertiary/aromatic N) is 4. The third kappa shape index (κ3) is 3.26. The van der Waals surface area contributed by atoms with Gasteiger partial charge in [-0.1, -0.05) is 17.4 Å². The number of pyridine rings is 1. The van der Waals surface area contributed by atoms with Gasteiger partial charge < -0.3 is 19.3 Å².